The number of carbonyl (C=O) groups excluding carboxylic acids is 2. The van der Waals surface area contributed by atoms with E-state index in [1.54, 1.807) is 42.5 Å². The molecule has 2 aromatic rings. The predicted octanol–water partition coefficient (Wildman–Crippen LogP) is 2.39. The molecule has 0 aliphatic rings. The van der Waals surface area contributed by atoms with Crippen molar-refractivity contribution >= 4 is 18.1 Å². The van der Waals surface area contributed by atoms with Gasteiger partial charge in [0.25, 0.3) is 5.91 Å². The third-order valence-electron chi connectivity index (χ3n) is 3.15. The Balaban J connectivity index is 2.04. The summed E-state index contributed by atoms with van der Waals surface area (Å²) in [5.74, 6) is 0.588. The van der Waals surface area contributed by atoms with Crippen molar-refractivity contribution in [3.05, 3.63) is 53.6 Å². The lowest BCUT2D eigenvalue weighted by molar-refractivity contribution is -0.131. The molecule has 1 N–H and O–H groups in total. The quantitative estimate of drug-likeness (QED) is 0.377. The Labute approximate surface area is 145 Å². The number of carbonyl (C=O) groups is 2. The number of ether oxygens (including phenoxy) is 3. The molecule has 1 amide bonds. The maximum absolute atomic E-state index is 12.1. The van der Waals surface area contributed by atoms with E-state index in [0.717, 1.165) is 0 Å². The number of hydrazone groups is 1. The number of amides is 1. The van der Waals surface area contributed by atoms with Crippen LogP contribution in [0.2, 0.25) is 0 Å². The van der Waals surface area contributed by atoms with Gasteiger partial charge < -0.3 is 14.2 Å². The van der Waals surface area contributed by atoms with Crippen LogP contribution in [0.4, 0.5) is 0 Å². The van der Waals surface area contributed by atoms with Gasteiger partial charge in [-0.05, 0) is 35.9 Å². The molecule has 0 atom stereocenters. The van der Waals surface area contributed by atoms with Gasteiger partial charge in [0.1, 0.15) is 5.75 Å². The molecule has 0 bridgehead atoms. The summed E-state index contributed by atoms with van der Waals surface area (Å²) in [5, 5.41) is 3.90. The fourth-order valence-electron chi connectivity index (χ4n) is 2.03. The highest BCUT2D eigenvalue weighted by Gasteiger charge is 2.10. The van der Waals surface area contributed by atoms with Gasteiger partial charge in [-0.25, -0.2) is 5.43 Å². The molecule has 0 aromatic heterocycles. The summed E-state index contributed by atoms with van der Waals surface area (Å²) in [4.78, 5) is 23.1. The van der Waals surface area contributed by atoms with Crippen LogP contribution in [-0.4, -0.2) is 32.3 Å². The number of nitrogens with one attached hydrogen (secondary N) is 1. The number of methoxy groups -OCH3 is 2. The Morgan fingerprint density at radius 1 is 1.04 bits per heavy atom. The summed E-state index contributed by atoms with van der Waals surface area (Å²) in [6.07, 6.45) is 1.45. The summed E-state index contributed by atoms with van der Waals surface area (Å²) in [5.41, 5.74) is 3.47. The normalized spacial score (nSPS) is 10.4. The van der Waals surface area contributed by atoms with E-state index < -0.39 is 11.9 Å². The topological polar surface area (TPSA) is 86.2 Å². The first-order chi connectivity index (χ1) is 12.0. The van der Waals surface area contributed by atoms with Gasteiger partial charge in [-0.15, -0.1) is 0 Å². The van der Waals surface area contributed by atoms with Crippen LogP contribution in [0.15, 0.2) is 47.6 Å². The van der Waals surface area contributed by atoms with Crippen LogP contribution >= 0.6 is 0 Å². The Morgan fingerprint density at radius 2 is 1.80 bits per heavy atom. The SMILES string of the molecule is COc1ccc(C(=O)NN=Cc2cccc(OC(C)=O)c2)cc1OC. The Morgan fingerprint density at radius 3 is 2.48 bits per heavy atom. The molecule has 0 fully saturated rings. The highest BCUT2D eigenvalue weighted by atomic mass is 16.5. The maximum Gasteiger partial charge on any atom is 0.308 e. The third kappa shape index (κ3) is 5.07. The second-order valence-electron chi connectivity index (χ2n) is 4.94. The van der Waals surface area contributed by atoms with Crippen molar-refractivity contribution in [2.45, 2.75) is 6.92 Å². The molecule has 130 valence electrons. The van der Waals surface area contributed by atoms with Crippen LogP contribution < -0.4 is 19.6 Å². The molecule has 0 heterocycles. The van der Waals surface area contributed by atoms with Crippen LogP contribution in [0.5, 0.6) is 17.2 Å². The second-order valence-corrected chi connectivity index (χ2v) is 4.94. The number of esters is 1. The molecule has 7 heteroatoms. The lowest BCUT2D eigenvalue weighted by atomic mass is 10.2. The van der Waals surface area contributed by atoms with Crippen molar-refractivity contribution in [2.75, 3.05) is 14.2 Å². The minimum absolute atomic E-state index is 0.378. The van der Waals surface area contributed by atoms with Gasteiger partial charge in [0, 0.05) is 12.5 Å². The van der Waals surface area contributed by atoms with Gasteiger partial charge in [-0.2, -0.15) is 5.10 Å². The van der Waals surface area contributed by atoms with Crippen molar-refractivity contribution in [2.24, 2.45) is 5.10 Å². The zero-order valence-electron chi connectivity index (χ0n) is 14.1. The van der Waals surface area contributed by atoms with Gasteiger partial charge in [0.05, 0.1) is 20.4 Å². The van der Waals surface area contributed by atoms with Crippen LogP contribution in [-0.2, 0) is 4.79 Å². The Kier molecular flexibility index (Phi) is 6.11. The predicted molar refractivity (Wildman–Crippen MR) is 92.4 cm³/mol. The van der Waals surface area contributed by atoms with Crippen molar-refractivity contribution in [1.82, 2.24) is 5.43 Å². The molecule has 7 nitrogen and oxygen atoms in total. The molecule has 0 saturated heterocycles. The molecular weight excluding hydrogens is 324 g/mol. The monoisotopic (exact) mass is 342 g/mol. The number of nitrogens with zero attached hydrogens (tertiary/aromatic N) is 1. The van der Waals surface area contributed by atoms with Crippen LogP contribution in [0.25, 0.3) is 0 Å². The van der Waals surface area contributed by atoms with Gasteiger partial charge in [0.15, 0.2) is 11.5 Å². The van der Waals surface area contributed by atoms with Gasteiger partial charge in [0.2, 0.25) is 0 Å². The van der Waals surface area contributed by atoms with Crippen LogP contribution in [0.1, 0.15) is 22.8 Å². The summed E-state index contributed by atoms with van der Waals surface area (Å²) in [6.45, 7) is 1.32. The lowest BCUT2D eigenvalue weighted by Gasteiger charge is -2.08. The standard InChI is InChI=1S/C18H18N2O5/c1-12(21)25-15-6-4-5-13(9-15)11-19-20-18(22)14-7-8-16(23-2)17(10-14)24-3/h4-11H,1-3H3,(H,20,22). The van der Waals surface area contributed by atoms with E-state index in [1.165, 1.54) is 27.4 Å². The molecule has 0 unspecified atom stereocenters. The van der Waals surface area contributed by atoms with Crippen molar-refractivity contribution in [1.29, 1.82) is 0 Å². The second kappa shape index (κ2) is 8.49. The summed E-state index contributed by atoms with van der Waals surface area (Å²) in [6, 6.07) is 11.6. The van der Waals surface area contributed by atoms with Crippen LogP contribution in [0, 0.1) is 0 Å². The minimum Gasteiger partial charge on any atom is -0.493 e. The molecule has 0 spiro atoms. The molecule has 0 aliphatic carbocycles. The average molecular weight is 342 g/mol. The smallest absolute Gasteiger partial charge is 0.308 e. The number of hydrogen-bond donors (Lipinski definition) is 1. The first-order valence-electron chi connectivity index (χ1n) is 7.37. The first kappa shape index (κ1) is 18.0. The summed E-state index contributed by atoms with van der Waals surface area (Å²) >= 11 is 0. The fraction of sp³-hybridized carbons (Fsp3) is 0.167. The van der Waals surface area contributed by atoms with E-state index in [1.807, 2.05) is 0 Å². The van der Waals surface area contributed by atoms with Crippen molar-refractivity contribution < 1.29 is 23.8 Å². The number of hydrogen-bond acceptors (Lipinski definition) is 6. The van der Waals surface area contributed by atoms with E-state index in [9.17, 15) is 9.59 Å². The molecule has 0 aliphatic heterocycles. The largest absolute Gasteiger partial charge is 0.493 e. The fourth-order valence-corrected chi connectivity index (χ4v) is 2.03. The van der Waals surface area contributed by atoms with Crippen molar-refractivity contribution in [3.8, 4) is 17.2 Å². The molecule has 0 radical (unpaired) electrons. The highest BCUT2D eigenvalue weighted by molar-refractivity contribution is 5.95. The molecule has 25 heavy (non-hydrogen) atoms. The van der Waals surface area contributed by atoms with E-state index in [4.69, 9.17) is 14.2 Å². The van der Waals surface area contributed by atoms with Crippen molar-refractivity contribution in [3.63, 3.8) is 0 Å². The maximum atomic E-state index is 12.1. The molecule has 0 saturated carbocycles. The first-order valence-corrected chi connectivity index (χ1v) is 7.37. The van der Waals surface area contributed by atoms with Gasteiger partial charge in [-0.1, -0.05) is 12.1 Å². The van der Waals surface area contributed by atoms with E-state index in [2.05, 4.69) is 10.5 Å². The summed E-state index contributed by atoms with van der Waals surface area (Å²) in [7, 11) is 3.01. The highest BCUT2D eigenvalue weighted by Crippen LogP contribution is 2.27. The van der Waals surface area contributed by atoms with E-state index in [-0.39, 0.29) is 0 Å². The number of rotatable bonds is 6. The van der Waals surface area contributed by atoms with E-state index in [0.29, 0.717) is 28.4 Å². The zero-order valence-corrected chi connectivity index (χ0v) is 14.1. The molecular formula is C18H18N2O5. The van der Waals surface area contributed by atoms with Crippen LogP contribution in [0.3, 0.4) is 0 Å². The van der Waals surface area contributed by atoms with Gasteiger partial charge in [-0.3, -0.25) is 9.59 Å². The van der Waals surface area contributed by atoms with E-state index >= 15 is 0 Å². The molecule has 2 aromatic carbocycles. The van der Waals surface area contributed by atoms with Gasteiger partial charge >= 0.3 is 5.97 Å². The minimum atomic E-state index is -0.407. The zero-order chi connectivity index (χ0) is 18.2. The average Bonchev–Trinajstić information content (AvgIpc) is 2.60. The molecule has 2 rings (SSSR count). The third-order valence-corrected chi connectivity index (χ3v) is 3.15. The number of benzene rings is 2. The lowest BCUT2D eigenvalue weighted by Crippen LogP contribution is -2.17. The summed E-state index contributed by atoms with van der Waals surface area (Å²) < 4.78 is 15.3. The Bertz CT molecular complexity index is 802. The Hall–Kier alpha value is -3.35.